The molecule has 0 spiro atoms. The summed E-state index contributed by atoms with van der Waals surface area (Å²) in [5.74, 6) is -1.21. The number of phosphoric ester groups is 2. The molecule has 1 aliphatic rings. The normalized spacial score (nSPS) is 22.7. The summed E-state index contributed by atoms with van der Waals surface area (Å²) in [6, 6.07) is 0. The minimum atomic E-state index is -5.36. The molecule has 0 aromatic rings. The third-order valence-electron chi connectivity index (χ3n) is 10.3. The molecule has 0 heterocycles. The van der Waals surface area contributed by atoms with Crippen LogP contribution in [0.15, 0.2) is 12.2 Å². The average Bonchev–Trinajstić information content (AvgIpc) is 3.18. The van der Waals surface area contributed by atoms with E-state index in [9.17, 15) is 44.0 Å². The van der Waals surface area contributed by atoms with E-state index < -0.39 is 83.5 Å². The Hall–Kier alpha value is -1.26. The average molecular weight is 889 g/mol. The molecule has 0 amide bonds. The summed E-state index contributed by atoms with van der Waals surface area (Å²) in [5.41, 5.74) is 0. The fourth-order valence-electron chi connectivity index (χ4n) is 6.84. The maximum Gasteiger partial charge on any atom is 0.472 e. The van der Waals surface area contributed by atoms with Crippen LogP contribution in [0.3, 0.4) is 0 Å². The van der Waals surface area contributed by atoms with Crippen molar-refractivity contribution in [3.8, 4) is 0 Å². The van der Waals surface area contributed by atoms with Gasteiger partial charge in [0.05, 0.1) is 6.61 Å². The van der Waals surface area contributed by atoms with Crippen molar-refractivity contribution in [3.05, 3.63) is 12.2 Å². The molecule has 16 nitrogen and oxygen atoms in total. The van der Waals surface area contributed by atoms with Crippen LogP contribution in [0.1, 0.15) is 181 Å². The van der Waals surface area contributed by atoms with E-state index in [4.69, 9.17) is 28.3 Å². The molecule has 1 aliphatic carbocycles. The summed E-state index contributed by atoms with van der Waals surface area (Å²) in [6.45, 7) is 3.07. The Kier molecular flexibility index (Phi) is 31.5. The van der Waals surface area contributed by atoms with Gasteiger partial charge in [-0.25, -0.2) is 9.13 Å². The predicted molar refractivity (Wildman–Crippen MR) is 223 cm³/mol. The molecule has 0 aliphatic heterocycles. The number of phosphoric acid groups is 2. The molecule has 8 atom stereocenters. The van der Waals surface area contributed by atoms with Crippen LogP contribution >= 0.6 is 15.6 Å². The van der Waals surface area contributed by atoms with E-state index in [2.05, 4.69) is 30.5 Å². The molecule has 18 heteroatoms. The summed E-state index contributed by atoms with van der Waals surface area (Å²) < 4.78 is 49.2. The number of carbonyl (C=O) groups excluding carboxylic acids is 2. The van der Waals surface area contributed by atoms with Gasteiger partial charge in [-0.3, -0.25) is 23.2 Å². The van der Waals surface area contributed by atoms with Crippen LogP contribution in [-0.4, -0.2) is 103 Å². The molecule has 0 aromatic heterocycles. The van der Waals surface area contributed by atoms with Gasteiger partial charge < -0.3 is 44.6 Å². The second kappa shape index (κ2) is 33.3. The summed E-state index contributed by atoms with van der Waals surface area (Å²) in [6.07, 6.45) is 16.1. The van der Waals surface area contributed by atoms with Crippen LogP contribution in [0, 0.1) is 0 Å². The Morgan fingerprint density at radius 1 is 0.525 bits per heavy atom. The first-order valence-corrected chi connectivity index (χ1v) is 25.3. The highest BCUT2D eigenvalue weighted by molar-refractivity contribution is 7.47. The zero-order valence-electron chi connectivity index (χ0n) is 35.7. The molecule has 5 unspecified atom stereocenters. The first-order chi connectivity index (χ1) is 28.1. The number of rotatable bonds is 37. The largest absolute Gasteiger partial charge is 0.472 e. The van der Waals surface area contributed by atoms with E-state index in [1.807, 2.05) is 0 Å². The summed E-state index contributed by atoms with van der Waals surface area (Å²) in [7, 11) is -10.7. The van der Waals surface area contributed by atoms with Gasteiger partial charge in [0.1, 0.15) is 43.2 Å². The molecule has 1 rings (SSSR count). The van der Waals surface area contributed by atoms with Gasteiger partial charge in [-0.2, -0.15) is 0 Å². The number of allylic oxidation sites excluding steroid dienone is 2. The van der Waals surface area contributed by atoms with Crippen LogP contribution in [0.5, 0.6) is 0 Å². The molecule has 7 N–H and O–H groups in total. The molecule has 1 fully saturated rings. The molecule has 0 radical (unpaired) electrons. The number of hydrogen-bond acceptors (Lipinski definition) is 13. The lowest BCUT2D eigenvalue weighted by atomic mass is 9.85. The number of aliphatic hydroxyl groups excluding tert-OH is 4. The third-order valence-corrected chi connectivity index (χ3v) is 11.8. The van der Waals surface area contributed by atoms with E-state index in [0.717, 1.165) is 64.2 Å². The fourth-order valence-corrected chi connectivity index (χ4v) is 8.38. The molecular formula is C41H78O16P2. The van der Waals surface area contributed by atoms with Crippen LogP contribution in [0.2, 0.25) is 0 Å². The van der Waals surface area contributed by atoms with Crippen molar-refractivity contribution in [2.24, 2.45) is 0 Å². The lowest BCUT2D eigenvalue weighted by Gasteiger charge is -2.43. The van der Waals surface area contributed by atoms with Crippen LogP contribution in [0.25, 0.3) is 0 Å². The molecule has 348 valence electrons. The second-order valence-electron chi connectivity index (χ2n) is 15.8. The number of aliphatic hydroxyl groups is 4. The molecule has 0 bridgehead atoms. The molecule has 59 heavy (non-hydrogen) atoms. The quantitative estimate of drug-likeness (QED) is 0.0137. The molecular weight excluding hydrogens is 810 g/mol. The molecule has 1 saturated carbocycles. The lowest BCUT2D eigenvalue weighted by Crippen LogP contribution is -2.64. The zero-order chi connectivity index (χ0) is 43.9. The third kappa shape index (κ3) is 28.1. The first-order valence-electron chi connectivity index (χ1n) is 22.2. The van der Waals surface area contributed by atoms with Gasteiger partial charge in [-0.05, 0) is 38.5 Å². The van der Waals surface area contributed by atoms with Crippen LogP contribution < -0.4 is 0 Å². The van der Waals surface area contributed by atoms with Gasteiger partial charge in [-0.1, -0.05) is 142 Å². The number of ether oxygens (including phenoxy) is 2. The molecule has 0 saturated heterocycles. The smallest absolute Gasteiger partial charge is 0.462 e. The minimum absolute atomic E-state index is 0.0475. The predicted octanol–water partition coefficient (Wildman–Crippen LogP) is 7.62. The van der Waals surface area contributed by atoms with Gasteiger partial charge >= 0.3 is 27.6 Å². The number of esters is 2. The lowest BCUT2D eigenvalue weighted by molar-refractivity contribution is -0.216. The van der Waals surface area contributed by atoms with E-state index >= 15 is 0 Å². The van der Waals surface area contributed by atoms with Crippen LogP contribution in [0.4, 0.5) is 0 Å². The summed E-state index contributed by atoms with van der Waals surface area (Å²) in [5, 5.41) is 41.1. The van der Waals surface area contributed by atoms with Gasteiger partial charge in [0.15, 0.2) is 6.10 Å². The highest BCUT2D eigenvalue weighted by Gasteiger charge is 2.54. The number of carbonyl (C=O) groups is 2. The SMILES string of the molecule is CCCCCCC=CCCCCCCCC(=O)OC[C@H](COP(=O)(O)O[C@H]1C(O)C(O)C(O)[C@@H](OP(=O)(O)O)C1O)OC(=O)CCCCCCCCCCCCCCC. The van der Waals surface area contributed by atoms with E-state index in [-0.39, 0.29) is 12.8 Å². The Morgan fingerprint density at radius 2 is 0.932 bits per heavy atom. The van der Waals surface area contributed by atoms with Crippen molar-refractivity contribution in [2.75, 3.05) is 13.2 Å². The van der Waals surface area contributed by atoms with E-state index in [1.54, 1.807) is 0 Å². The van der Waals surface area contributed by atoms with Gasteiger partial charge in [0.25, 0.3) is 0 Å². The van der Waals surface area contributed by atoms with Gasteiger partial charge in [0, 0.05) is 12.8 Å². The zero-order valence-corrected chi connectivity index (χ0v) is 37.5. The van der Waals surface area contributed by atoms with E-state index in [0.29, 0.717) is 12.8 Å². The second-order valence-corrected chi connectivity index (χ2v) is 18.4. The van der Waals surface area contributed by atoms with Crippen molar-refractivity contribution >= 4 is 27.6 Å². The van der Waals surface area contributed by atoms with Crippen LogP contribution in [-0.2, 0) is 41.8 Å². The van der Waals surface area contributed by atoms with Gasteiger partial charge in [-0.15, -0.1) is 0 Å². The number of unbranched alkanes of at least 4 members (excludes halogenated alkanes) is 21. The highest BCUT2D eigenvalue weighted by Crippen LogP contribution is 2.49. The maximum atomic E-state index is 12.9. The first kappa shape index (κ1) is 55.8. The Labute approximate surface area is 352 Å². The molecule has 0 aromatic carbocycles. The van der Waals surface area contributed by atoms with Crippen molar-refractivity contribution in [3.63, 3.8) is 0 Å². The van der Waals surface area contributed by atoms with Crippen molar-refractivity contribution in [1.29, 1.82) is 0 Å². The summed E-state index contributed by atoms with van der Waals surface area (Å²) in [4.78, 5) is 54.1. The Balaban J connectivity index is 2.63. The van der Waals surface area contributed by atoms with Crippen molar-refractivity contribution in [1.82, 2.24) is 0 Å². The maximum absolute atomic E-state index is 12.9. The minimum Gasteiger partial charge on any atom is -0.462 e. The standard InChI is InChI=1S/C41H78O16P2/c1-3-5-7-9-11-13-15-17-19-21-23-25-27-29-34(42)53-31-33(55-35(43)30-28-26-24-22-20-18-16-14-12-10-8-6-4-2)32-54-59(51,52)57-41-38(46)36(44)37(45)40(39(41)47)56-58(48,49)50/h13,15,33,36-41,44-47H,3-12,14,16-32H2,1-2H3,(H,51,52)(H2,48,49,50)/t33-,36?,37?,38?,39?,40-,41+/m1/s1. The Morgan fingerprint density at radius 3 is 1.41 bits per heavy atom. The van der Waals surface area contributed by atoms with Gasteiger partial charge in [0.2, 0.25) is 0 Å². The topological polar surface area (TPSA) is 256 Å². The number of hydrogen-bond donors (Lipinski definition) is 7. The highest BCUT2D eigenvalue weighted by atomic mass is 31.2. The van der Waals surface area contributed by atoms with Crippen molar-refractivity contribution in [2.45, 2.75) is 224 Å². The summed E-state index contributed by atoms with van der Waals surface area (Å²) >= 11 is 0. The van der Waals surface area contributed by atoms with E-state index in [1.165, 1.54) is 77.0 Å². The Bertz CT molecular complexity index is 1220. The van der Waals surface area contributed by atoms with Crippen molar-refractivity contribution < 1.29 is 76.9 Å². The monoisotopic (exact) mass is 888 g/mol. The fraction of sp³-hybridized carbons (Fsp3) is 0.902.